The van der Waals surface area contributed by atoms with Crippen LogP contribution in [-0.2, 0) is 20.8 Å². The number of hydrogen-bond donors (Lipinski definition) is 3. The van der Waals surface area contributed by atoms with Crippen LogP contribution in [-0.4, -0.2) is 39.3 Å². The SMILES string of the molecule is CC(=O)c1ccc(N2C(=O)C3C(c4ccc(Cl)s4)NC(Cc4ccc(O)cc4)(C(=O)O)C3C2=O)cc1. The second-order valence-corrected chi connectivity index (χ2v) is 10.7. The van der Waals surface area contributed by atoms with Gasteiger partial charge in [-0.2, -0.15) is 0 Å². The van der Waals surface area contributed by atoms with E-state index in [0.717, 1.165) is 4.90 Å². The number of hydrogen-bond acceptors (Lipinski definition) is 7. The van der Waals surface area contributed by atoms with E-state index < -0.39 is 41.2 Å². The second-order valence-electron chi connectivity index (χ2n) is 9.00. The molecule has 2 saturated heterocycles. The Morgan fingerprint density at radius 2 is 1.69 bits per heavy atom. The number of nitrogens with zero attached hydrogens (tertiary/aromatic N) is 1. The number of phenolic OH excluding ortho intramolecular Hbond substituents is 1. The predicted molar refractivity (Wildman–Crippen MR) is 133 cm³/mol. The molecule has 2 aromatic carbocycles. The summed E-state index contributed by atoms with van der Waals surface area (Å²) in [5.74, 6) is -4.71. The summed E-state index contributed by atoms with van der Waals surface area (Å²) in [7, 11) is 0. The largest absolute Gasteiger partial charge is 0.508 e. The zero-order chi connectivity index (χ0) is 25.8. The summed E-state index contributed by atoms with van der Waals surface area (Å²) in [4.78, 5) is 53.8. The highest BCUT2D eigenvalue weighted by Gasteiger charge is 2.68. The molecule has 0 spiro atoms. The van der Waals surface area contributed by atoms with E-state index in [9.17, 15) is 29.4 Å². The van der Waals surface area contributed by atoms with Crippen LogP contribution in [0.25, 0.3) is 0 Å². The molecule has 3 aromatic rings. The number of Topliss-reactive ketones (excluding diaryl/α,β-unsaturated/α-hetero) is 1. The summed E-state index contributed by atoms with van der Waals surface area (Å²) in [5.41, 5.74) is -0.506. The van der Waals surface area contributed by atoms with E-state index in [-0.39, 0.29) is 23.6 Å². The molecule has 5 rings (SSSR count). The molecule has 0 saturated carbocycles. The van der Waals surface area contributed by atoms with Gasteiger partial charge >= 0.3 is 5.97 Å². The molecule has 3 heterocycles. The van der Waals surface area contributed by atoms with E-state index in [2.05, 4.69) is 5.32 Å². The van der Waals surface area contributed by atoms with Gasteiger partial charge in [0.25, 0.3) is 0 Å². The third-order valence-corrected chi connectivity index (χ3v) is 8.20. The van der Waals surface area contributed by atoms with Crippen molar-refractivity contribution in [3.8, 4) is 5.75 Å². The normalized spacial score (nSPS) is 25.3. The molecule has 0 radical (unpaired) electrons. The van der Waals surface area contributed by atoms with Crippen molar-refractivity contribution in [1.29, 1.82) is 0 Å². The Labute approximate surface area is 215 Å². The smallest absolute Gasteiger partial charge is 0.325 e. The van der Waals surface area contributed by atoms with Gasteiger partial charge in [0, 0.05) is 16.9 Å². The number of carboxylic acid groups (broad SMARTS) is 1. The maximum atomic E-state index is 13.8. The molecule has 8 nitrogen and oxygen atoms in total. The van der Waals surface area contributed by atoms with Crippen molar-refractivity contribution in [2.24, 2.45) is 11.8 Å². The lowest BCUT2D eigenvalue weighted by Crippen LogP contribution is -2.57. The molecular weight excluding hydrogens is 504 g/mol. The number of rotatable bonds is 6. The Hall–Kier alpha value is -3.53. The van der Waals surface area contributed by atoms with Crippen LogP contribution in [0.1, 0.15) is 33.8 Å². The summed E-state index contributed by atoms with van der Waals surface area (Å²) in [6.45, 7) is 1.42. The third kappa shape index (κ3) is 3.80. The number of aliphatic carboxylic acids is 1. The quantitative estimate of drug-likeness (QED) is 0.331. The Kier molecular flexibility index (Phi) is 5.94. The molecule has 2 fully saturated rings. The van der Waals surface area contributed by atoms with Gasteiger partial charge in [0.1, 0.15) is 11.3 Å². The number of benzene rings is 2. The summed E-state index contributed by atoms with van der Waals surface area (Å²) in [6.07, 6.45) is -0.0878. The zero-order valence-corrected chi connectivity index (χ0v) is 20.5. The molecule has 2 amide bonds. The first-order valence-corrected chi connectivity index (χ1v) is 12.3. The lowest BCUT2D eigenvalue weighted by molar-refractivity contribution is -0.148. The van der Waals surface area contributed by atoms with Crippen molar-refractivity contribution in [2.45, 2.75) is 24.9 Å². The molecular formula is C26H21ClN2O6S. The molecule has 36 heavy (non-hydrogen) atoms. The van der Waals surface area contributed by atoms with Crippen LogP contribution in [0.5, 0.6) is 5.75 Å². The van der Waals surface area contributed by atoms with Gasteiger partial charge < -0.3 is 10.2 Å². The van der Waals surface area contributed by atoms with Crippen molar-refractivity contribution in [1.82, 2.24) is 5.32 Å². The van der Waals surface area contributed by atoms with Crippen LogP contribution in [0.3, 0.4) is 0 Å². The lowest BCUT2D eigenvalue weighted by atomic mass is 9.76. The average molecular weight is 525 g/mol. The summed E-state index contributed by atoms with van der Waals surface area (Å²) < 4.78 is 0.475. The number of halogens is 1. The molecule has 2 aliphatic heterocycles. The Balaban J connectivity index is 1.62. The van der Waals surface area contributed by atoms with Gasteiger partial charge in [0.05, 0.1) is 27.9 Å². The Morgan fingerprint density at radius 3 is 2.25 bits per heavy atom. The van der Waals surface area contributed by atoms with Gasteiger partial charge in [0.2, 0.25) is 11.8 Å². The van der Waals surface area contributed by atoms with Crippen LogP contribution in [0, 0.1) is 11.8 Å². The van der Waals surface area contributed by atoms with Crippen LogP contribution in [0.15, 0.2) is 60.7 Å². The van der Waals surface area contributed by atoms with Gasteiger partial charge in [-0.3, -0.25) is 24.5 Å². The standard InChI is InChI=1S/C26H21ClN2O6S/c1-13(30)15-4-6-16(7-5-15)29-23(32)20-21(24(29)33)26(25(34)35,12-14-2-8-17(31)9-3-14)28-22(20)18-10-11-19(27)36-18/h2-11,20-22,28,31H,12H2,1H3,(H,34,35). The third-order valence-electron chi connectivity index (χ3n) is 6.89. The number of fused-ring (bicyclic) bond motifs is 1. The molecule has 4 unspecified atom stereocenters. The number of thiophene rings is 1. The van der Waals surface area contributed by atoms with Gasteiger partial charge in [-0.25, -0.2) is 4.90 Å². The van der Waals surface area contributed by atoms with Crippen molar-refractivity contribution in [3.05, 3.63) is 81.0 Å². The number of imide groups is 1. The number of anilines is 1. The molecule has 184 valence electrons. The molecule has 10 heteroatoms. The van der Waals surface area contributed by atoms with E-state index in [4.69, 9.17) is 11.6 Å². The van der Waals surface area contributed by atoms with E-state index in [1.165, 1.54) is 54.7 Å². The maximum Gasteiger partial charge on any atom is 0.325 e. The van der Waals surface area contributed by atoms with Gasteiger partial charge in [-0.1, -0.05) is 23.7 Å². The number of aromatic hydroxyl groups is 1. The van der Waals surface area contributed by atoms with Crippen molar-refractivity contribution < 1.29 is 29.4 Å². The average Bonchev–Trinajstić information content (AvgIpc) is 3.49. The Morgan fingerprint density at radius 1 is 1.03 bits per heavy atom. The molecule has 3 N–H and O–H groups in total. The van der Waals surface area contributed by atoms with E-state index in [1.54, 1.807) is 24.3 Å². The highest BCUT2D eigenvalue weighted by molar-refractivity contribution is 7.16. The number of amides is 2. The van der Waals surface area contributed by atoms with Crippen LogP contribution in [0.2, 0.25) is 4.34 Å². The highest BCUT2D eigenvalue weighted by Crippen LogP contribution is 2.52. The zero-order valence-electron chi connectivity index (χ0n) is 19.0. The number of carboxylic acids is 1. The van der Waals surface area contributed by atoms with E-state index >= 15 is 0 Å². The van der Waals surface area contributed by atoms with Crippen molar-refractivity contribution in [3.63, 3.8) is 0 Å². The van der Waals surface area contributed by atoms with Gasteiger partial charge in [0.15, 0.2) is 5.78 Å². The highest BCUT2D eigenvalue weighted by atomic mass is 35.5. The number of carbonyl (C=O) groups is 4. The van der Waals surface area contributed by atoms with E-state index in [1.807, 2.05) is 0 Å². The minimum atomic E-state index is -1.79. The minimum absolute atomic E-state index is 0.0267. The summed E-state index contributed by atoms with van der Waals surface area (Å²) in [5, 5.41) is 23.3. The predicted octanol–water partition coefficient (Wildman–Crippen LogP) is 3.83. The first-order valence-electron chi connectivity index (χ1n) is 11.2. The van der Waals surface area contributed by atoms with Crippen molar-refractivity contribution >= 4 is 52.2 Å². The summed E-state index contributed by atoms with van der Waals surface area (Å²) in [6, 6.07) is 14.8. The fraction of sp³-hybridized carbons (Fsp3) is 0.231. The fourth-order valence-corrected chi connectivity index (χ4v) is 6.37. The number of nitrogens with one attached hydrogen (secondary N) is 1. The monoisotopic (exact) mass is 524 g/mol. The minimum Gasteiger partial charge on any atom is -0.508 e. The van der Waals surface area contributed by atoms with Crippen LogP contribution >= 0.6 is 22.9 Å². The molecule has 0 bridgehead atoms. The number of phenols is 1. The van der Waals surface area contributed by atoms with Gasteiger partial charge in [-0.05, 0) is 61.0 Å². The van der Waals surface area contributed by atoms with Crippen LogP contribution in [0.4, 0.5) is 5.69 Å². The first kappa shape index (κ1) is 24.2. The second kappa shape index (κ2) is 8.85. The summed E-state index contributed by atoms with van der Waals surface area (Å²) >= 11 is 7.37. The first-order chi connectivity index (χ1) is 17.1. The van der Waals surface area contributed by atoms with E-state index in [0.29, 0.717) is 20.3 Å². The molecule has 4 atom stereocenters. The maximum absolute atomic E-state index is 13.8. The number of carbonyl (C=O) groups excluding carboxylic acids is 3. The Bertz CT molecular complexity index is 1390. The molecule has 2 aliphatic rings. The topological polar surface area (TPSA) is 124 Å². The fourth-order valence-electron chi connectivity index (χ4n) is 5.21. The lowest BCUT2D eigenvalue weighted by Gasteiger charge is -2.31. The number of ketones is 1. The van der Waals surface area contributed by atoms with Crippen LogP contribution < -0.4 is 10.2 Å². The van der Waals surface area contributed by atoms with Crippen molar-refractivity contribution in [2.75, 3.05) is 4.90 Å². The van der Waals surface area contributed by atoms with Gasteiger partial charge in [-0.15, -0.1) is 11.3 Å². The molecule has 0 aliphatic carbocycles. The molecule has 1 aromatic heterocycles.